The summed E-state index contributed by atoms with van der Waals surface area (Å²) in [6.07, 6.45) is 3.60. The van der Waals surface area contributed by atoms with E-state index in [0.717, 1.165) is 5.75 Å². The van der Waals surface area contributed by atoms with Crippen LogP contribution in [0.3, 0.4) is 0 Å². The van der Waals surface area contributed by atoms with E-state index in [2.05, 4.69) is 25.1 Å². The summed E-state index contributed by atoms with van der Waals surface area (Å²) in [5.41, 5.74) is 4.48. The molecule has 0 spiro atoms. The minimum atomic E-state index is -0.223. The van der Waals surface area contributed by atoms with Crippen LogP contribution in [-0.4, -0.2) is 16.5 Å². The molecule has 2 unspecified atom stereocenters. The molecule has 1 aliphatic rings. The van der Waals surface area contributed by atoms with Gasteiger partial charge in [-0.3, -0.25) is 0 Å². The second kappa shape index (κ2) is 5.24. The number of rotatable bonds is 4. The van der Waals surface area contributed by atoms with Crippen molar-refractivity contribution in [1.82, 2.24) is 0 Å². The molecule has 16 heavy (non-hydrogen) atoms. The van der Waals surface area contributed by atoms with Crippen LogP contribution in [-0.2, 0) is 18.6 Å². The summed E-state index contributed by atoms with van der Waals surface area (Å²) in [4.78, 5) is 0. The molecule has 0 heterocycles. The maximum absolute atomic E-state index is 9.43. The molecule has 0 amide bonds. The number of benzene rings is 1. The average Bonchev–Trinajstić information content (AvgIpc) is 2.72. The summed E-state index contributed by atoms with van der Waals surface area (Å²) >= 11 is 1.83. The Kier molecular flexibility index (Phi) is 3.93. The van der Waals surface area contributed by atoms with Crippen LogP contribution in [0.2, 0.25) is 0 Å². The number of hydrogen-bond acceptors (Lipinski definition) is 2. The third-order valence-corrected chi connectivity index (χ3v) is 4.77. The van der Waals surface area contributed by atoms with Crippen LogP contribution in [0.5, 0.6) is 0 Å². The SMILES string of the molecule is CC(O)C(C)SCc1ccc2c(c1)CCC2. The van der Waals surface area contributed by atoms with Gasteiger partial charge in [0.2, 0.25) is 0 Å². The second-order valence-corrected chi connectivity index (χ2v) is 6.08. The van der Waals surface area contributed by atoms with Gasteiger partial charge < -0.3 is 5.11 Å². The molecule has 0 aliphatic heterocycles. The lowest BCUT2D eigenvalue weighted by atomic mass is 10.1. The van der Waals surface area contributed by atoms with E-state index in [0.29, 0.717) is 5.25 Å². The smallest absolute Gasteiger partial charge is 0.0628 e. The third-order valence-electron chi connectivity index (χ3n) is 3.36. The molecule has 1 aromatic carbocycles. The highest BCUT2D eigenvalue weighted by molar-refractivity contribution is 7.99. The largest absolute Gasteiger partial charge is 0.392 e. The molecular weight excluding hydrogens is 216 g/mol. The fourth-order valence-electron chi connectivity index (χ4n) is 2.08. The Bertz CT molecular complexity index is 360. The number of fused-ring (bicyclic) bond motifs is 1. The molecule has 0 fully saturated rings. The lowest BCUT2D eigenvalue weighted by Gasteiger charge is -2.14. The van der Waals surface area contributed by atoms with Gasteiger partial charge in [-0.1, -0.05) is 25.1 Å². The van der Waals surface area contributed by atoms with E-state index in [-0.39, 0.29) is 6.10 Å². The summed E-state index contributed by atoms with van der Waals surface area (Å²) in [6.45, 7) is 3.95. The van der Waals surface area contributed by atoms with E-state index >= 15 is 0 Å². The fourth-order valence-corrected chi connectivity index (χ4v) is 3.00. The molecule has 1 N–H and O–H groups in total. The van der Waals surface area contributed by atoms with Gasteiger partial charge in [0, 0.05) is 11.0 Å². The van der Waals surface area contributed by atoms with Crippen molar-refractivity contribution in [2.24, 2.45) is 0 Å². The molecule has 1 aromatic rings. The van der Waals surface area contributed by atoms with Gasteiger partial charge in [0.25, 0.3) is 0 Å². The van der Waals surface area contributed by atoms with Gasteiger partial charge in [0.1, 0.15) is 0 Å². The van der Waals surface area contributed by atoms with E-state index in [1.165, 1.54) is 30.4 Å². The zero-order valence-electron chi connectivity index (χ0n) is 10.1. The highest BCUT2D eigenvalue weighted by Gasteiger charge is 2.12. The van der Waals surface area contributed by atoms with E-state index in [4.69, 9.17) is 0 Å². The second-order valence-electron chi connectivity index (χ2n) is 4.71. The maximum atomic E-state index is 9.43. The molecule has 0 radical (unpaired) electrons. The Balaban J connectivity index is 1.95. The summed E-state index contributed by atoms with van der Waals surface area (Å²) in [5, 5.41) is 9.75. The number of hydrogen-bond donors (Lipinski definition) is 1. The van der Waals surface area contributed by atoms with Crippen LogP contribution in [0.4, 0.5) is 0 Å². The van der Waals surface area contributed by atoms with E-state index in [9.17, 15) is 5.11 Å². The first kappa shape index (κ1) is 12.0. The summed E-state index contributed by atoms with van der Waals surface area (Å²) in [6, 6.07) is 6.88. The van der Waals surface area contributed by atoms with Gasteiger partial charge in [-0.05, 0) is 42.9 Å². The number of thioether (sulfide) groups is 1. The maximum Gasteiger partial charge on any atom is 0.0628 e. The van der Waals surface area contributed by atoms with Crippen molar-refractivity contribution < 1.29 is 5.11 Å². The first-order chi connectivity index (χ1) is 7.66. The predicted octanol–water partition coefficient (Wildman–Crippen LogP) is 3.18. The molecule has 0 saturated carbocycles. The number of aliphatic hydroxyl groups excluding tert-OH is 1. The summed E-state index contributed by atoms with van der Waals surface area (Å²) in [7, 11) is 0. The molecule has 2 atom stereocenters. The van der Waals surface area contributed by atoms with Gasteiger partial charge in [-0.25, -0.2) is 0 Å². The van der Waals surface area contributed by atoms with Crippen molar-refractivity contribution >= 4 is 11.8 Å². The molecule has 88 valence electrons. The van der Waals surface area contributed by atoms with Crippen LogP contribution in [0.1, 0.15) is 37.0 Å². The minimum Gasteiger partial charge on any atom is -0.392 e. The first-order valence-corrected chi connectivity index (χ1v) is 7.12. The highest BCUT2D eigenvalue weighted by atomic mass is 32.2. The van der Waals surface area contributed by atoms with Crippen molar-refractivity contribution in [3.05, 3.63) is 34.9 Å². The fraction of sp³-hybridized carbons (Fsp3) is 0.571. The Morgan fingerprint density at radius 1 is 1.25 bits per heavy atom. The molecule has 0 bridgehead atoms. The Morgan fingerprint density at radius 2 is 2.00 bits per heavy atom. The van der Waals surface area contributed by atoms with Crippen molar-refractivity contribution in [1.29, 1.82) is 0 Å². The molecule has 1 nitrogen and oxygen atoms in total. The molecule has 1 aliphatic carbocycles. The van der Waals surface area contributed by atoms with E-state index < -0.39 is 0 Å². The molecule has 0 saturated heterocycles. The van der Waals surface area contributed by atoms with Crippen LogP contribution >= 0.6 is 11.8 Å². The minimum absolute atomic E-state index is 0.223. The monoisotopic (exact) mass is 236 g/mol. The van der Waals surface area contributed by atoms with Crippen LogP contribution in [0.25, 0.3) is 0 Å². The summed E-state index contributed by atoms with van der Waals surface area (Å²) in [5.74, 6) is 1.01. The average molecular weight is 236 g/mol. The van der Waals surface area contributed by atoms with Crippen molar-refractivity contribution in [3.8, 4) is 0 Å². The standard InChI is InChI=1S/C14H20OS/c1-10(15)11(2)16-9-12-6-7-13-4-3-5-14(13)8-12/h6-8,10-11,15H,3-5,9H2,1-2H3. The van der Waals surface area contributed by atoms with Crippen molar-refractivity contribution in [2.45, 2.75) is 50.2 Å². The number of aliphatic hydroxyl groups is 1. The molecule has 2 rings (SSSR count). The lowest BCUT2D eigenvalue weighted by molar-refractivity contribution is 0.196. The van der Waals surface area contributed by atoms with E-state index in [1.54, 1.807) is 5.56 Å². The predicted molar refractivity (Wildman–Crippen MR) is 70.9 cm³/mol. The Morgan fingerprint density at radius 3 is 2.75 bits per heavy atom. The molecule has 2 heteroatoms. The Labute approximate surface area is 102 Å². The normalized spacial score (nSPS) is 18.2. The first-order valence-electron chi connectivity index (χ1n) is 6.07. The van der Waals surface area contributed by atoms with Crippen molar-refractivity contribution in [2.75, 3.05) is 0 Å². The van der Waals surface area contributed by atoms with Crippen LogP contribution < -0.4 is 0 Å². The summed E-state index contributed by atoms with van der Waals surface area (Å²) < 4.78 is 0. The van der Waals surface area contributed by atoms with Gasteiger partial charge in [0.05, 0.1) is 6.10 Å². The zero-order valence-corrected chi connectivity index (χ0v) is 10.9. The van der Waals surface area contributed by atoms with Crippen molar-refractivity contribution in [3.63, 3.8) is 0 Å². The van der Waals surface area contributed by atoms with Crippen LogP contribution in [0.15, 0.2) is 18.2 Å². The number of aryl methyl sites for hydroxylation is 2. The van der Waals surface area contributed by atoms with Gasteiger partial charge >= 0.3 is 0 Å². The quantitative estimate of drug-likeness (QED) is 0.866. The highest BCUT2D eigenvalue weighted by Crippen LogP contribution is 2.26. The van der Waals surface area contributed by atoms with Gasteiger partial charge in [-0.2, -0.15) is 11.8 Å². The van der Waals surface area contributed by atoms with E-state index in [1.807, 2.05) is 18.7 Å². The molecular formula is C14H20OS. The topological polar surface area (TPSA) is 20.2 Å². The van der Waals surface area contributed by atoms with Gasteiger partial charge in [-0.15, -0.1) is 0 Å². The Hall–Kier alpha value is -0.470. The lowest BCUT2D eigenvalue weighted by Crippen LogP contribution is -2.15. The third kappa shape index (κ3) is 2.80. The van der Waals surface area contributed by atoms with Gasteiger partial charge in [0.15, 0.2) is 0 Å². The van der Waals surface area contributed by atoms with Crippen LogP contribution in [0, 0.1) is 0 Å². The zero-order chi connectivity index (χ0) is 11.5. The molecule has 0 aromatic heterocycles.